The van der Waals surface area contributed by atoms with E-state index in [1.807, 2.05) is 12.1 Å². The van der Waals surface area contributed by atoms with E-state index in [0.29, 0.717) is 18.5 Å². The molecule has 114 valence electrons. The molecule has 0 aliphatic rings. The Morgan fingerprint density at radius 2 is 1.90 bits per heavy atom. The smallest absolute Gasteiger partial charge is 0.127 e. The van der Waals surface area contributed by atoms with E-state index in [1.165, 1.54) is 0 Å². The first-order valence-electron chi connectivity index (χ1n) is 7.65. The highest BCUT2D eigenvalue weighted by molar-refractivity contribution is 5.25. The molecule has 0 saturated carbocycles. The van der Waals surface area contributed by atoms with Gasteiger partial charge in [0.1, 0.15) is 5.82 Å². The summed E-state index contributed by atoms with van der Waals surface area (Å²) in [5.74, 6) is 0.504. The maximum absolute atomic E-state index is 14.0. The molecular weight excluding hydrogens is 251 g/mol. The van der Waals surface area contributed by atoms with E-state index in [1.54, 1.807) is 6.07 Å². The molecule has 1 aromatic rings. The van der Waals surface area contributed by atoms with Gasteiger partial charge in [0.15, 0.2) is 0 Å². The molecule has 1 rings (SSSR count). The lowest BCUT2D eigenvalue weighted by atomic mass is 10.1. The summed E-state index contributed by atoms with van der Waals surface area (Å²) in [4.78, 5) is 2.29. The van der Waals surface area contributed by atoms with Crippen molar-refractivity contribution < 1.29 is 4.39 Å². The zero-order valence-electron chi connectivity index (χ0n) is 13.5. The van der Waals surface area contributed by atoms with Crippen molar-refractivity contribution in [1.29, 1.82) is 0 Å². The zero-order valence-corrected chi connectivity index (χ0v) is 13.5. The third-order valence-electron chi connectivity index (χ3n) is 3.29. The Hall–Kier alpha value is -0.930. The molecule has 0 bridgehead atoms. The Labute approximate surface area is 123 Å². The number of halogens is 1. The fourth-order valence-electron chi connectivity index (χ4n) is 2.24. The van der Waals surface area contributed by atoms with Crippen molar-refractivity contribution in [2.24, 2.45) is 5.92 Å². The number of rotatable bonds is 8. The van der Waals surface area contributed by atoms with Gasteiger partial charge in [0, 0.05) is 31.2 Å². The topological polar surface area (TPSA) is 15.3 Å². The zero-order chi connectivity index (χ0) is 15.1. The van der Waals surface area contributed by atoms with Crippen LogP contribution in [0.1, 0.15) is 45.7 Å². The molecule has 3 heteroatoms. The lowest BCUT2D eigenvalue weighted by Crippen LogP contribution is -2.27. The Bertz CT molecular complexity index is 402. The molecule has 1 aromatic carbocycles. The fourth-order valence-corrected chi connectivity index (χ4v) is 2.24. The second-order valence-electron chi connectivity index (χ2n) is 6.18. The maximum atomic E-state index is 14.0. The summed E-state index contributed by atoms with van der Waals surface area (Å²) in [6, 6.07) is 5.90. The Morgan fingerprint density at radius 1 is 1.20 bits per heavy atom. The predicted molar refractivity (Wildman–Crippen MR) is 84.2 cm³/mol. The lowest BCUT2D eigenvalue weighted by Gasteiger charge is -2.23. The van der Waals surface area contributed by atoms with Crippen molar-refractivity contribution in [2.75, 3.05) is 13.1 Å². The molecule has 0 saturated heterocycles. The van der Waals surface area contributed by atoms with Crippen molar-refractivity contribution >= 4 is 0 Å². The summed E-state index contributed by atoms with van der Waals surface area (Å²) in [6.45, 7) is 14.2. The van der Waals surface area contributed by atoms with Crippen molar-refractivity contribution in [2.45, 2.75) is 53.8 Å². The largest absolute Gasteiger partial charge is 0.310 e. The van der Waals surface area contributed by atoms with Crippen LogP contribution in [0.2, 0.25) is 0 Å². The first-order chi connectivity index (χ1) is 9.42. The fraction of sp³-hybridized carbons (Fsp3) is 0.647. The summed E-state index contributed by atoms with van der Waals surface area (Å²) >= 11 is 0. The van der Waals surface area contributed by atoms with Gasteiger partial charge in [-0.05, 0) is 24.1 Å². The normalized spacial score (nSPS) is 11.8. The average Bonchev–Trinajstić information content (AvgIpc) is 2.38. The van der Waals surface area contributed by atoms with Crippen LogP contribution in [-0.2, 0) is 13.1 Å². The highest BCUT2D eigenvalue weighted by Gasteiger charge is 2.10. The van der Waals surface area contributed by atoms with E-state index in [4.69, 9.17) is 0 Å². The van der Waals surface area contributed by atoms with Gasteiger partial charge in [0.2, 0.25) is 0 Å². The van der Waals surface area contributed by atoms with Gasteiger partial charge >= 0.3 is 0 Å². The molecule has 1 N–H and O–H groups in total. The molecule has 0 radical (unpaired) electrons. The Kier molecular flexibility index (Phi) is 7.17. The van der Waals surface area contributed by atoms with Gasteiger partial charge in [-0.1, -0.05) is 46.8 Å². The van der Waals surface area contributed by atoms with Gasteiger partial charge in [-0.2, -0.15) is 0 Å². The van der Waals surface area contributed by atoms with E-state index < -0.39 is 0 Å². The molecule has 0 aliphatic carbocycles. The van der Waals surface area contributed by atoms with Gasteiger partial charge < -0.3 is 5.32 Å². The highest BCUT2D eigenvalue weighted by Crippen LogP contribution is 2.14. The molecule has 0 aliphatic heterocycles. The van der Waals surface area contributed by atoms with E-state index in [0.717, 1.165) is 30.8 Å². The third-order valence-corrected chi connectivity index (χ3v) is 3.29. The van der Waals surface area contributed by atoms with Crippen molar-refractivity contribution in [3.63, 3.8) is 0 Å². The summed E-state index contributed by atoms with van der Waals surface area (Å²) < 4.78 is 14.0. The predicted octanol–water partition coefficient (Wildman–Crippen LogP) is 3.80. The summed E-state index contributed by atoms with van der Waals surface area (Å²) in [6.07, 6.45) is 0. The van der Waals surface area contributed by atoms with Crippen LogP contribution < -0.4 is 5.32 Å². The number of benzene rings is 1. The van der Waals surface area contributed by atoms with E-state index >= 15 is 0 Å². The van der Waals surface area contributed by atoms with Crippen molar-refractivity contribution in [1.82, 2.24) is 10.2 Å². The van der Waals surface area contributed by atoms with Gasteiger partial charge in [-0.15, -0.1) is 0 Å². The number of hydrogen-bond acceptors (Lipinski definition) is 2. The molecule has 0 amide bonds. The van der Waals surface area contributed by atoms with Gasteiger partial charge in [-0.3, -0.25) is 4.90 Å². The van der Waals surface area contributed by atoms with Crippen LogP contribution in [0.3, 0.4) is 0 Å². The monoisotopic (exact) mass is 280 g/mol. The minimum atomic E-state index is -0.0968. The van der Waals surface area contributed by atoms with E-state index in [-0.39, 0.29) is 5.82 Å². The molecule has 0 heterocycles. The molecule has 0 spiro atoms. The highest BCUT2D eigenvalue weighted by atomic mass is 19.1. The Morgan fingerprint density at radius 3 is 2.45 bits per heavy atom. The summed E-state index contributed by atoms with van der Waals surface area (Å²) in [5.41, 5.74) is 1.95. The minimum absolute atomic E-state index is 0.0968. The number of nitrogens with zero attached hydrogens (tertiary/aromatic N) is 1. The molecule has 0 unspecified atom stereocenters. The summed E-state index contributed by atoms with van der Waals surface area (Å²) in [5, 5.41) is 3.37. The van der Waals surface area contributed by atoms with Crippen molar-refractivity contribution in [3.8, 4) is 0 Å². The first kappa shape index (κ1) is 17.1. The van der Waals surface area contributed by atoms with Crippen molar-refractivity contribution in [3.05, 3.63) is 35.1 Å². The van der Waals surface area contributed by atoms with Crippen LogP contribution in [0.15, 0.2) is 18.2 Å². The van der Waals surface area contributed by atoms with Gasteiger partial charge in [0.25, 0.3) is 0 Å². The lowest BCUT2D eigenvalue weighted by molar-refractivity contribution is 0.245. The quantitative estimate of drug-likeness (QED) is 0.779. The van der Waals surface area contributed by atoms with Crippen LogP contribution in [0.4, 0.5) is 4.39 Å². The summed E-state index contributed by atoms with van der Waals surface area (Å²) in [7, 11) is 0. The standard InChI is InChI=1S/C17H29FN2/c1-6-20(11-13(2)3)12-16-9-15(7-8-17(16)18)10-19-14(4)5/h7-9,13-14,19H,6,10-12H2,1-5H3. The van der Waals surface area contributed by atoms with Crippen LogP contribution in [0.25, 0.3) is 0 Å². The average molecular weight is 280 g/mol. The maximum Gasteiger partial charge on any atom is 0.127 e. The number of hydrogen-bond donors (Lipinski definition) is 1. The Balaban J connectivity index is 2.74. The van der Waals surface area contributed by atoms with Crippen LogP contribution in [-0.4, -0.2) is 24.0 Å². The van der Waals surface area contributed by atoms with E-state index in [9.17, 15) is 4.39 Å². The molecule has 0 aromatic heterocycles. The van der Waals surface area contributed by atoms with Crippen LogP contribution >= 0.6 is 0 Å². The molecule has 0 fully saturated rings. The van der Waals surface area contributed by atoms with Gasteiger partial charge in [0.05, 0.1) is 0 Å². The minimum Gasteiger partial charge on any atom is -0.310 e. The molecule has 20 heavy (non-hydrogen) atoms. The van der Waals surface area contributed by atoms with E-state index in [2.05, 4.69) is 44.8 Å². The molecule has 2 nitrogen and oxygen atoms in total. The molecular formula is C17H29FN2. The van der Waals surface area contributed by atoms with Crippen LogP contribution in [0, 0.1) is 11.7 Å². The second-order valence-corrected chi connectivity index (χ2v) is 6.18. The SMILES string of the molecule is CCN(Cc1cc(CNC(C)C)ccc1F)CC(C)C. The number of nitrogens with one attached hydrogen (secondary N) is 1. The van der Waals surface area contributed by atoms with Gasteiger partial charge in [-0.25, -0.2) is 4.39 Å². The third kappa shape index (κ3) is 6.02. The first-order valence-corrected chi connectivity index (χ1v) is 7.65. The molecule has 0 atom stereocenters. The van der Waals surface area contributed by atoms with Crippen LogP contribution in [0.5, 0.6) is 0 Å². The second kappa shape index (κ2) is 8.38.